The van der Waals surface area contributed by atoms with E-state index in [0.29, 0.717) is 19.1 Å². The van der Waals surface area contributed by atoms with E-state index in [0.717, 1.165) is 63.3 Å². The van der Waals surface area contributed by atoms with Crippen molar-refractivity contribution in [1.29, 1.82) is 0 Å². The molecule has 0 spiro atoms. The van der Waals surface area contributed by atoms with Crippen molar-refractivity contribution in [3.8, 4) is 0 Å². The van der Waals surface area contributed by atoms with Crippen molar-refractivity contribution in [1.82, 2.24) is 25.0 Å². The number of aromatic nitrogens is 3. The molecule has 1 N–H and O–H groups in total. The summed E-state index contributed by atoms with van der Waals surface area (Å²) in [5.41, 5.74) is 1.22. The molecule has 1 aromatic carbocycles. The van der Waals surface area contributed by atoms with Crippen molar-refractivity contribution in [3.05, 3.63) is 47.5 Å². The van der Waals surface area contributed by atoms with Gasteiger partial charge in [-0.05, 0) is 25.3 Å². The van der Waals surface area contributed by atoms with Crippen LogP contribution in [0.1, 0.15) is 30.1 Å². The van der Waals surface area contributed by atoms with Crippen LogP contribution in [0.5, 0.6) is 0 Å². The largest absolute Gasteiger partial charge is 0.385 e. The zero-order valence-corrected chi connectivity index (χ0v) is 21.1. The van der Waals surface area contributed by atoms with Gasteiger partial charge in [-0.15, -0.1) is 34.2 Å². The fraction of sp³-hybridized carbons (Fsp3) is 0.591. The molecule has 0 radical (unpaired) electrons. The van der Waals surface area contributed by atoms with Crippen molar-refractivity contribution >= 4 is 29.9 Å². The molecule has 1 atom stereocenters. The molecule has 0 saturated carbocycles. The number of rotatable bonds is 10. The average molecular weight is 542 g/mol. The van der Waals surface area contributed by atoms with Gasteiger partial charge in [0.05, 0.1) is 13.2 Å². The summed E-state index contributed by atoms with van der Waals surface area (Å²) in [7, 11) is 3.70. The van der Waals surface area contributed by atoms with E-state index in [-0.39, 0.29) is 24.0 Å². The van der Waals surface area contributed by atoms with Crippen LogP contribution in [0.2, 0.25) is 0 Å². The lowest BCUT2D eigenvalue weighted by Crippen LogP contribution is -2.41. The van der Waals surface area contributed by atoms with Crippen LogP contribution < -0.4 is 5.32 Å². The molecule has 0 bridgehead atoms. The Hall–Kier alpha value is -1.72. The Labute approximate surface area is 202 Å². The smallest absolute Gasteiger partial charge is 0.194 e. The predicted molar refractivity (Wildman–Crippen MR) is 133 cm³/mol. The molecule has 0 aliphatic carbocycles. The van der Waals surface area contributed by atoms with Gasteiger partial charge in [-0.1, -0.05) is 30.3 Å². The van der Waals surface area contributed by atoms with Crippen LogP contribution in [0.4, 0.5) is 0 Å². The molecule has 9 heteroatoms. The van der Waals surface area contributed by atoms with Crippen molar-refractivity contribution < 1.29 is 9.47 Å². The second-order valence-corrected chi connectivity index (χ2v) is 7.74. The molecule has 172 valence electrons. The van der Waals surface area contributed by atoms with Gasteiger partial charge < -0.3 is 24.3 Å². The highest BCUT2D eigenvalue weighted by Gasteiger charge is 2.25. The Morgan fingerprint density at radius 2 is 2.06 bits per heavy atom. The minimum atomic E-state index is 0. The van der Waals surface area contributed by atoms with Crippen molar-refractivity contribution in [2.45, 2.75) is 32.9 Å². The van der Waals surface area contributed by atoms with Gasteiger partial charge in [0.25, 0.3) is 0 Å². The first kappa shape index (κ1) is 25.5. The summed E-state index contributed by atoms with van der Waals surface area (Å²) in [5, 5.41) is 11.8. The minimum Gasteiger partial charge on any atom is -0.385 e. The summed E-state index contributed by atoms with van der Waals surface area (Å²) in [6.07, 6.45) is 2.05. The maximum atomic E-state index is 5.97. The average Bonchev–Trinajstić information content (AvgIpc) is 3.36. The van der Waals surface area contributed by atoms with Crippen molar-refractivity contribution in [2.24, 2.45) is 18.0 Å². The number of guanidine groups is 1. The molecule has 1 aromatic heterocycles. The second kappa shape index (κ2) is 13.6. The van der Waals surface area contributed by atoms with Crippen LogP contribution in [-0.2, 0) is 29.7 Å². The molecule has 2 heterocycles. The SMILES string of the molecule is COCCCNC(=NCc1nnc(C)n1C)N1CCC(COCc2ccccc2)C1.I. The molecule has 1 saturated heterocycles. The third kappa shape index (κ3) is 8.04. The van der Waals surface area contributed by atoms with Gasteiger partial charge in [-0.2, -0.15) is 0 Å². The first-order valence-electron chi connectivity index (χ1n) is 10.7. The van der Waals surface area contributed by atoms with Crippen LogP contribution in [0, 0.1) is 12.8 Å². The zero-order chi connectivity index (χ0) is 21.2. The lowest BCUT2D eigenvalue weighted by molar-refractivity contribution is 0.0906. The summed E-state index contributed by atoms with van der Waals surface area (Å²) in [6.45, 7) is 7.38. The van der Waals surface area contributed by atoms with Crippen LogP contribution in [0.15, 0.2) is 35.3 Å². The standard InChI is InChI=1S/C22H34N6O2.HI/c1-18-25-26-21(27(18)2)14-24-22(23-11-7-13-29-3)28-12-10-20(15-28)17-30-16-19-8-5-4-6-9-19;/h4-6,8-9,20H,7,10-17H2,1-3H3,(H,23,24);1H. The Bertz CT molecular complexity index is 799. The van der Waals surface area contributed by atoms with Crippen molar-refractivity contribution in [3.63, 3.8) is 0 Å². The topological polar surface area (TPSA) is 76.8 Å². The van der Waals surface area contributed by atoms with Gasteiger partial charge in [0.15, 0.2) is 11.8 Å². The first-order valence-corrected chi connectivity index (χ1v) is 10.7. The molecule has 1 aliphatic heterocycles. The monoisotopic (exact) mass is 542 g/mol. The summed E-state index contributed by atoms with van der Waals surface area (Å²) in [6, 6.07) is 10.3. The highest BCUT2D eigenvalue weighted by molar-refractivity contribution is 14.0. The highest BCUT2D eigenvalue weighted by Crippen LogP contribution is 2.18. The highest BCUT2D eigenvalue weighted by atomic mass is 127. The van der Waals surface area contributed by atoms with Gasteiger partial charge in [0.1, 0.15) is 12.4 Å². The number of hydrogen-bond donors (Lipinski definition) is 1. The number of benzene rings is 1. The van der Waals surface area contributed by atoms with Crippen LogP contribution in [0.25, 0.3) is 0 Å². The number of methoxy groups -OCH3 is 1. The van der Waals surface area contributed by atoms with E-state index in [1.807, 2.05) is 36.7 Å². The zero-order valence-electron chi connectivity index (χ0n) is 18.8. The fourth-order valence-corrected chi connectivity index (χ4v) is 3.50. The molecule has 3 rings (SSSR count). The number of aliphatic imine (C=N–C) groups is 1. The van der Waals surface area contributed by atoms with Gasteiger partial charge in [-0.3, -0.25) is 0 Å². The summed E-state index contributed by atoms with van der Waals surface area (Å²) in [4.78, 5) is 7.16. The molecule has 1 unspecified atom stereocenters. The molecular weight excluding hydrogens is 507 g/mol. The van der Waals surface area contributed by atoms with E-state index in [1.54, 1.807) is 7.11 Å². The normalized spacial score (nSPS) is 16.4. The fourth-order valence-electron chi connectivity index (χ4n) is 3.50. The molecule has 2 aromatic rings. The lowest BCUT2D eigenvalue weighted by Gasteiger charge is -2.22. The van der Waals surface area contributed by atoms with Crippen LogP contribution >= 0.6 is 24.0 Å². The molecule has 8 nitrogen and oxygen atoms in total. The number of aryl methyl sites for hydroxylation is 1. The summed E-state index contributed by atoms with van der Waals surface area (Å²) in [5.74, 6) is 3.20. The minimum absolute atomic E-state index is 0. The molecule has 1 aliphatic rings. The number of nitrogens with one attached hydrogen (secondary N) is 1. The Morgan fingerprint density at radius 1 is 1.26 bits per heavy atom. The Kier molecular flexibility index (Phi) is 11.2. The lowest BCUT2D eigenvalue weighted by atomic mass is 10.1. The molecule has 1 fully saturated rings. The van der Waals surface area contributed by atoms with Crippen LogP contribution in [0.3, 0.4) is 0 Å². The van der Waals surface area contributed by atoms with E-state index in [2.05, 4.69) is 32.5 Å². The van der Waals surface area contributed by atoms with E-state index in [1.165, 1.54) is 5.56 Å². The van der Waals surface area contributed by atoms with E-state index in [4.69, 9.17) is 14.5 Å². The van der Waals surface area contributed by atoms with Crippen molar-refractivity contribution in [2.75, 3.05) is 40.0 Å². The number of halogens is 1. The maximum absolute atomic E-state index is 5.97. The number of hydrogen-bond acceptors (Lipinski definition) is 5. The molecule has 31 heavy (non-hydrogen) atoms. The quantitative estimate of drug-likeness (QED) is 0.216. The number of nitrogens with zero attached hydrogens (tertiary/aromatic N) is 5. The summed E-state index contributed by atoms with van der Waals surface area (Å²) < 4.78 is 13.1. The van der Waals surface area contributed by atoms with Gasteiger partial charge >= 0.3 is 0 Å². The van der Waals surface area contributed by atoms with Gasteiger partial charge in [0.2, 0.25) is 0 Å². The molecular formula is C22H35IN6O2. The van der Waals surface area contributed by atoms with Crippen LogP contribution in [-0.4, -0.2) is 65.6 Å². The Balaban J connectivity index is 0.00000341. The van der Waals surface area contributed by atoms with Gasteiger partial charge in [0, 0.05) is 46.3 Å². The van der Waals surface area contributed by atoms with E-state index >= 15 is 0 Å². The number of ether oxygens (including phenoxy) is 2. The second-order valence-electron chi connectivity index (χ2n) is 7.74. The molecule has 0 amide bonds. The van der Waals surface area contributed by atoms with Gasteiger partial charge in [-0.25, -0.2) is 4.99 Å². The first-order chi connectivity index (χ1) is 14.7. The van der Waals surface area contributed by atoms with E-state index < -0.39 is 0 Å². The number of likely N-dealkylation sites (tertiary alicyclic amines) is 1. The maximum Gasteiger partial charge on any atom is 0.194 e. The van der Waals surface area contributed by atoms with E-state index in [9.17, 15) is 0 Å². The predicted octanol–water partition coefficient (Wildman–Crippen LogP) is 2.76. The third-order valence-corrected chi connectivity index (χ3v) is 5.41. The summed E-state index contributed by atoms with van der Waals surface area (Å²) >= 11 is 0. The third-order valence-electron chi connectivity index (χ3n) is 5.41. The Morgan fingerprint density at radius 3 is 2.77 bits per heavy atom.